The molecule has 1 fully saturated rings. The predicted octanol–water partition coefficient (Wildman–Crippen LogP) is 6.11. The van der Waals surface area contributed by atoms with Gasteiger partial charge in [0.25, 0.3) is 8.53 Å². The Kier molecular flexibility index (Phi) is 13.5. The van der Waals surface area contributed by atoms with Crippen LogP contribution in [-0.2, 0) is 9.05 Å². The number of rotatable bonds is 15. The normalized spacial score (nSPS) is 21.7. The van der Waals surface area contributed by atoms with Crippen molar-refractivity contribution >= 4 is 8.53 Å². The van der Waals surface area contributed by atoms with Crippen molar-refractivity contribution in [3.8, 4) is 0 Å². The van der Waals surface area contributed by atoms with Crippen LogP contribution in [0.5, 0.6) is 0 Å². The minimum atomic E-state index is -1.13. The second kappa shape index (κ2) is 14.7. The molecule has 5 nitrogen and oxygen atoms in total. The predicted molar refractivity (Wildman–Crippen MR) is 120 cm³/mol. The van der Waals surface area contributed by atoms with E-state index in [0.717, 1.165) is 13.0 Å². The van der Waals surface area contributed by atoms with Crippen LogP contribution in [0.2, 0.25) is 0 Å². The Balaban J connectivity index is 2.64. The van der Waals surface area contributed by atoms with E-state index in [-0.39, 0.29) is 6.10 Å². The highest BCUT2D eigenvalue weighted by atomic mass is 31.2. The van der Waals surface area contributed by atoms with Crippen LogP contribution >= 0.6 is 8.53 Å². The lowest BCUT2D eigenvalue weighted by Gasteiger charge is -2.36. The maximum absolute atomic E-state index is 7.02. The van der Waals surface area contributed by atoms with E-state index >= 15 is 0 Å². The quantitative estimate of drug-likeness (QED) is 0.184. The Labute approximate surface area is 175 Å². The van der Waals surface area contributed by atoms with E-state index in [4.69, 9.17) is 15.6 Å². The summed E-state index contributed by atoms with van der Waals surface area (Å²) >= 11 is 0. The lowest BCUT2D eigenvalue weighted by molar-refractivity contribution is 0.135. The van der Waals surface area contributed by atoms with Crippen LogP contribution in [0.15, 0.2) is 0 Å². The van der Waals surface area contributed by atoms with E-state index in [1.54, 1.807) is 0 Å². The molecule has 0 amide bonds. The second-order valence-corrected chi connectivity index (χ2v) is 9.86. The molecule has 3 atom stereocenters. The molecule has 1 unspecified atom stereocenters. The molecule has 28 heavy (non-hydrogen) atoms. The molecule has 1 aliphatic rings. The van der Waals surface area contributed by atoms with Crippen molar-refractivity contribution in [2.45, 2.75) is 111 Å². The van der Waals surface area contributed by atoms with E-state index in [1.807, 2.05) is 0 Å². The largest absolute Gasteiger partial charge is 0.317 e. The molecule has 0 aliphatic carbocycles. The van der Waals surface area contributed by atoms with Gasteiger partial charge in [0.15, 0.2) is 0 Å². The summed E-state index contributed by atoms with van der Waals surface area (Å²) in [6, 6.07) is 1.34. The van der Waals surface area contributed by atoms with Gasteiger partial charge in [-0.3, -0.25) is 4.90 Å². The Hall–Kier alpha value is -0.240. The first-order valence-electron chi connectivity index (χ1n) is 11.4. The Morgan fingerprint density at radius 2 is 1.79 bits per heavy atom. The van der Waals surface area contributed by atoms with Crippen molar-refractivity contribution in [3.05, 3.63) is 11.4 Å². The van der Waals surface area contributed by atoms with Crippen LogP contribution in [0.1, 0.15) is 86.5 Å². The number of hydrogen-bond acceptors (Lipinski definition) is 4. The first kappa shape index (κ1) is 25.8. The molecule has 1 heterocycles. The first-order valence-corrected chi connectivity index (χ1v) is 12.5. The third-order valence-corrected chi connectivity index (χ3v) is 7.58. The number of hydrogen-bond donors (Lipinski definition) is 0. The molecule has 1 aliphatic heterocycles. The smallest absolute Gasteiger partial charge is 0.259 e. The lowest BCUT2D eigenvalue weighted by atomic mass is 10.1. The van der Waals surface area contributed by atoms with Crippen LogP contribution in [0, 0.1) is 6.57 Å². The van der Waals surface area contributed by atoms with Gasteiger partial charge in [-0.25, -0.2) is 11.2 Å². The molecule has 0 aromatic heterocycles. The standard InChI is InChI=1S/C22H44N3O2P/c1-8-10-11-12-13-15-24-18-22(17-21(24)9-2)27-28(26-16-14-23-7)25(19(3)4)20(5)6/h19-22H,8-18H2,1-6H3/t21-,22-,28?/m1/s1. The fourth-order valence-corrected chi connectivity index (χ4v) is 5.75. The zero-order valence-electron chi connectivity index (χ0n) is 19.2. The fraction of sp³-hybridized carbons (Fsp3) is 0.955. The molecular weight excluding hydrogens is 369 g/mol. The van der Waals surface area contributed by atoms with Gasteiger partial charge in [-0.05, 0) is 53.5 Å². The molecule has 0 bridgehead atoms. The summed E-state index contributed by atoms with van der Waals surface area (Å²) in [5, 5.41) is 0. The van der Waals surface area contributed by atoms with Crippen LogP contribution in [-0.4, -0.2) is 60.0 Å². The van der Waals surface area contributed by atoms with Gasteiger partial charge in [-0.2, -0.15) is 0 Å². The Bertz CT molecular complexity index is 434. The SMILES string of the molecule is [C-]#[N+]CCOP(O[C@@H]1C[C@@H](CC)N(CCCCCCC)C1)N(C(C)C)C(C)C. The van der Waals surface area contributed by atoms with Gasteiger partial charge < -0.3 is 13.9 Å². The van der Waals surface area contributed by atoms with Gasteiger partial charge in [0, 0.05) is 24.7 Å². The number of unbranched alkanes of at least 4 members (excludes halogenated alkanes) is 4. The van der Waals surface area contributed by atoms with Crippen molar-refractivity contribution < 1.29 is 9.05 Å². The molecule has 164 valence electrons. The van der Waals surface area contributed by atoms with Gasteiger partial charge in [0.2, 0.25) is 6.54 Å². The van der Waals surface area contributed by atoms with Gasteiger partial charge in [-0.1, -0.05) is 39.5 Å². The third-order valence-electron chi connectivity index (χ3n) is 5.40. The summed E-state index contributed by atoms with van der Waals surface area (Å²) in [5.74, 6) is 0. The zero-order chi connectivity index (χ0) is 20.9. The van der Waals surface area contributed by atoms with Crippen molar-refractivity contribution in [3.63, 3.8) is 0 Å². The van der Waals surface area contributed by atoms with Crippen molar-refractivity contribution in [2.24, 2.45) is 0 Å². The molecule has 0 aromatic carbocycles. The highest BCUT2D eigenvalue weighted by molar-refractivity contribution is 7.44. The van der Waals surface area contributed by atoms with Crippen LogP contribution in [0.3, 0.4) is 0 Å². The summed E-state index contributed by atoms with van der Waals surface area (Å²) in [4.78, 5) is 6.07. The first-order chi connectivity index (χ1) is 13.4. The molecule has 0 spiro atoms. The molecule has 0 N–H and O–H groups in total. The number of likely N-dealkylation sites (tertiary alicyclic amines) is 1. The fourth-order valence-electron chi connectivity index (χ4n) is 4.05. The summed E-state index contributed by atoms with van der Waals surface area (Å²) in [7, 11) is -1.13. The second-order valence-electron chi connectivity index (χ2n) is 8.45. The molecule has 6 heteroatoms. The number of nitrogens with zero attached hydrogens (tertiary/aromatic N) is 3. The van der Waals surface area contributed by atoms with Crippen LogP contribution in [0.25, 0.3) is 4.85 Å². The van der Waals surface area contributed by atoms with Gasteiger partial charge in [-0.15, -0.1) is 0 Å². The summed E-state index contributed by atoms with van der Waals surface area (Å²) in [5.41, 5.74) is 0. The average Bonchev–Trinajstić information content (AvgIpc) is 3.02. The molecule has 0 aromatic rings. The summed E-state index contributed by atoms with van der Waals surface area (Å²) < 4.78 is 15.0. The average molecular weight is 414 g/mol. The van der Waals surface area contributed by atoms with Crippen molar-refractivity contribution in [2.75, 3.05) is 26.2 Å². The lowest BCUT2D eigenvalue weighted by Crippen LogP contribution is -2.35. The highest BCUT2D eigenvalue weighted by Gasteiger charge is 2.36. The Morgan fingerprint density at radius 3 is 2.36 bits per heavy atom. The minimum absolute atomic E-state index is 0.236. The zero-order valence-corrected chi connectivity index (χ0v) is 20.1. The third kappa shape index (κ3) is 9.06. The molecule has 0 saturated carbocycles. The van der Waals surface area contributed by atoms with Crippen LogP contribution < -0.4 is 0 Å². The van der Waals surface area contributed by atoms with E-state index in [1.165, 1.54) is 45.1 Å². The van der Waals surface area contributed by atoms with Gasteiger partial charge in [0.05, 0.1) is 6.10 Å². The van der Waals surface area contributed by atoms with E-state index in [9.17, 15) is 0 Å². The molecule has 1 rings (SSSR count). The topological polar surface area (TPSA) is 29.3 Å². The van der Waals surface area contributed by atoms with Crippen molar-refractivity contribution in [1.29, 1.82) is 0 Å². The summed E-state index contributed by atoms with van der Waals surface area (Å²) in [6.07, 6.45) is 9.17. The highest BCUT2D eigenvalue weighted by Crippen LogP contribution is 2.48. The maximum atomic E-state index is 7.02. The molecular formula is C22H44N3O2P. The molecule has 1 saturated heterocycles. The van der Waals surface area contributed by atoms with E-state index in [0.29, 0.717) is 31.3 Å². The maximum Gasteiger partial charge on any atom is 0.259 e. The monoisotopic (exact) mass is 413 g/mol. The summed E-state index contributed by atoms with van der Waals surface area (Å²) in [6.45, 7) is 23.4. The van der Waals surface area contributed by atoms with E-state index in [2.05, 4.69) is 56.0 Å². The molecule has 0 radical (unpaired) electrons. The van der Waals surface area contributed by atoms with Crippen molar-refractivity contribution in [1.82, 2.24) is 9.57 Å². The van der Waals surface area contributed by atoms with Gasteiger partial charge in [0.1, 0.15) is 6.61 Å². The Morgan fingerprint density at radius 1 is 1.11 bits per heavy atom. The van der Waals surface area contributed by atoms with Crippen LogP contribution in [0.4, 0.5) is 0 Å². The van der Waals surface area contributed by atoms with E-state index < -0.39 is 8.53 Å². The minimum Gasteiger partial charge on any atom is -0.317 e. The van der Waals surface area contributed by atoms with Gasteiger partial charge >= 0.3 is 0 Å².